The van der Waals surface area contributed by atoms with Gasteiger partial charge in [0.25, 0.3) is 0 Å². The average Bonchev–Trinajstić information content (AvgIpc) is 2.46. The molecule has 1 aromatic heterocycles. The second kappa shape index (κ2) is 6.29. The number of aromatic nitrogens is 2. The Balaban J connectivity index is 2.24. The van der Waals surface area contributed by atoms with Gasteiger partial charge in [0.2, 0.25) is 11.8 Å². The summed E-state index contributed by atoms with van der Waals surface area (Å²) in [7, 11) is 1.65. The van der Waals surface area contributed by atoms with Crippen LogP contribution >= 0.6 is 15.9 Å². The number of halogens is 1. The maximum absolute atomic E-state index is 11.0. The highest BCUT2D eigenvalue weighted by Crippen LogP contribution is 2.23. The van der Waals surface area contributed by atoms with E-state index in [1.807, 2.05) is 24.3 Å². The lowest BCUT2D eigenvalue weighted by Gasteiger charge is -2.08. The molecule has 2 N–H and O–H groups in total. The molecule has 0 unspecified atom stereocenters. The van der Waals surface area contributed by atoms with Gasteiger partial charge in [0.15, 0.2) is 0 Å². The van der Waals surface area contributed by atoms with Gasteiger partial charge in [-0.05, 0) is 11.6 Å². The molecular weight excluding hydrogens is 326 g/mol. The van der Waals surface area contributed by atoms with Crippen LogP contribution < -0.4 is 10.6 Å². The summed E-state index contributed by atoms with van der Waals surface area (Å²) in [6.07, 6.45) is 1.18. The minimum atomic E-state index is -0.512. The second-order valence-electron chi connectivity index (χ2n) is 3.88. The molecule has 0 amide bonds. The van der Waals surface area contributed by atoms with Crippen LogP contribution in [-0.4, -0.2) is 21.9 Å². The van der Waals surface area contributed by atoms with Crippen molar-refractivity contribution in [3.63, 3.8) is 0 Å². The molecule has 2 rings (SSSR count). The molecule has 0 atom stereocenters. The number of hydrogen-bond donors (Lipinski definition) is 2. The Morgan fingerprint density at radius 1 is 1.40 bits per heavy atom. The predicted molar refractivity (Wildman–Crippen MR) is 79.7 cm³/mol. The Bertz CT molecular complexity index is 635. The van der Waals surface area contributed by atoms with Gasteiger partial charge in [0.05, 0.1) is 4.92 Å². The molecule has 0 bridgehead atoms. The van der Waals surface area contributed by atoms with Crippen LogP contribution in [0.25, 0.3) is 0 Å². The van der Waals surface area contributed by atoms with Crippen molar-refractivity contribution in [1.82, 2.24) is 9.97 Å². The Morgan fingerprint density at radius 3 is 2.80 bits per heavy atom. The number of hydrogen-bond acceptors (Lipinski definition) is 6. The molecule has 0 aliphatic heterocycles. The lowest BCUT2D eigenvalue weighted by atomic mass is 10.2. The molecule has 0 radical (unpaired) electrons. The van der Waals surface area contributed by atoms with Gasteiger partial charge in [0, 0.05) is 18.1 Å². The van der Waals surface area contributed by atoms with Crippen molar-refractivity contribution in [3.8, 4) is 0 Å². The number of nitrogens with one attached hydrogen (secondary N) is 2. The third-order valence-corrected chi connectivity index (χ3v) is 3.37. The Labute approximate surface area is 123 Å². The fraction of sp³-hybridized carbons (Fsp3) is 0.167. The topological polar surface area (TPSA) is 93.0 Å². The summed E-state index contributed by atoms with van der Waals surface area (Å²) in [5.41, 5.74) is 0.822. The summed E-state index contributed by atoms with van der Waals surface area (Å²) >= 11 is 3.43. The average molecular weight is 338 g/mol. The molecule has 0 saturated carbocycles. The molecule has 20 heavy (non-hydrogen) atoms. The largest absolute Gasteiger partial charge is 0.360 e. The maximum Gasteiger partial charge on any atom is 0.329 e. The Hall–Kier alpha value is -2.22. The van der Waals surface area contributed by atoms with Crippen molar-refractivity contribution in [2.45, 2.75) is 6.54 Å². The number of benzene rings is 1. The lowest BCUT2D eigenvalue weighted by molar-refractivity contribution is -0.384. The quantitative estimate of drug-likeness (QED) is 0.643. The monoisotopic (exact) mass is 337 g/mol. The Kier molecular flexibility index (Phi) is 4.46. The van der Waals surface area contributed by atoms with Gasteiger partial charge >= 0.3 is 5.69 Å². The fourth-order valence-electron chi connectivity index (χ4n) is 1.58. The van der Waals surface area contributed by atoms with E-state index in [1.54, 1.807) is 7.05 Å². The highest BCUT2D eigenvalue weighted by molar-refractivity contribution is 9.10. The van der Waals surface area contributed by atoms with Crippen molar-refractivity contribution in [2.24, 2.45) is 0 Å². The van der Waals surface area contributed by atoms with E-state index in [0.717, 1.165) is 10.0 Å². The van der Waals surface area contributed by atoms with Crippen LogP contribution in [0.5, 0.6) is 0 Å². The summed E-state index contributed by atoms with van der Waals surface area (Å²) in [5, 5.41) is 16.7. The van der Waals surface area contributed by atoms with Crippen molar-refractivity contribution in [1.29, 1.82) is 0 Å². The lowest BCUT2D eigenvalue weighted by Crippen LogP contribution is -2.07. The van der Waals surface area contributed by atoms with Crippen LogP contribution in [0.15, 0.2) is 34.9 Å². The summed E-state index contributed by atoms with van der Waals surface area (Å²) in [5.74, 6) is 0.510. The zero-order chi connectivity index (χ0) is 14.5. The second-order valence-corrected chi connectivity index (χ2v) is 4.73. The van der Waals surface area contributed by atoms with E-state index in [4.69, 9.17) is 0 Å². The van der Waals surface area contributed by atoms with Crippen LogP contribution in [0, 0.1) is 10.1 Å². The number of nitro groups is 1. The van der Waals surface area contributed by atoms with Crippen molar-refractivity contribution in [2.75, 3.05) is 17.7 Å². The first-order chi connectivity index (χ1) is 9.61. The summed E-state index contributed by atoms with van der Waals surface area (Å²) in [6, 6.07) is 7.63. The molecule has 0 fully saturated rings. The van der Waals surface area contributed by atoms with Crippen LogP contribution in [0.4, 0.5) is 17.5 Å². The van der Waals surface area contributed by atoms with Gasteiger partial charge in [-0.1, -0.05) is 34.1 Å². The molecular formula is C12H12BrN5O2. The SMILES string of the molecule is CNc1ncc([N+](=O)[O-])c(NCc2ccccc2Br)n1. The van der Waals surface area contributed by atoms with Gasteiger partial charge in [-0.15, -0.1) is 0 Å². The van der Waals surface area contributed by atoms with Crippen LogP contribution in [0.2, 0.25) is 0 Å². The van der Waals surface area contributed by atoms with Gasteiger partial charge < -0.3 is 10.6 Å². The van der Waals surface area contributed by atoms with Crippen LogP contribution in [-0.2, 0) is 6.54 Å². The van der Waals surface area contributed by atoms with E-state index in [-0.39, 0.29) is 11.5 Å². The minimum absolute atomic E-state index is 0.156. The molecule has 7 nitrogen and oxygen atoms in total. The molecule has 1 aromatic carbocycles. The zero-order valence-corrected chi connectivity index (χ0v) is 12.2. The first kappa shape index (κ1) is 14.2. The van der Waals surface area contributed by atoms with E-state index in [0.29, 0.717) is 12.5 Å². The van der Waals surface area contributed by atoms with Gasteiger partial charge in [-0.3, -0.25) is 10.1 Å². The van der Waals surface area contributed by atoms with E-state index < -0.39 is 4.92 Å². The Morgan fingerprint density at radius 2 is 2.15 bits per heavy atom. The molecule has 104 valence electrons. The number of anilines is 2. The molecule has 0 aliphatic rings. The highest BCUT2D eigenvalue weighted by Gasteiger charge is 2.16. The van der Waals surface area contributed by atoms with Gasteiger partial charge in [-0.25, -0.2) is 4.98 Å². The molecule has 0 spiro atoms. The van der Waals surface area contributed by atoms with E-state index >= 15 is 0 Å². The third kappa shape index (κ3) is 3.21. The smallest absolute Gasteiger partial charge is 0.329 e. The van der Waals surface area contributed by atoms with Crippen molar-refractivity contribution >= 4 is 33.4 Å². The molecule has 1 heterocycles. The van der Waals surface area contributed by atoms with Gasteiger partial charge in [-0.2, -0.15) is 4.98 Å². The van der Waals surface area contributed by atoms with E-state index in [9.17, 15) is 10.1 Å². The zero-order valence-electron chi connectivity index (χ0n) is 10.6. The third-order valence-electron chi connectivity index (χ3n) is 2.59. The standard InChI is InChI=1S/C12H12BrN5O2/c1-14-12-16-7-10(18(19)20)11(17-12)15-6-8-4-2-3-5-9(8)13/h2-5,7H,6H2,1H3,(H2,14,15,16,17). The first-order valence-electron chi connectivity index (χ1n) is 5.78. The molecule has 8 heteroatoms. The molecule has 2 aromatic rings. The number of rotatable bonds is 5. The first-order valence-corrected chi connectivity index (χ1v) is 6.57. The van der Waals surface area contributed by atoms with Crippen LogP contribution in [0.1, 0.15) is 5.56 Å². The van der Waals surface area contributed by atoms with Gasteiger partial charge in [0.1, 0.15) is 6.20 Å². The summed E-state index contributed by atoms with van der Waals surface area (Å²) < 4.78 is 0.929. The molecule has 0 saturated heterocycles. The fourth-order valence-corrected chi connectivity index (χ4v) is 2.01. The summed E-state index contributed by atoms with van der Waals surface area (Å²) in [4.78, 5) is 18.3. The van der Waals surface area contributed by atoms with Crippen molar-refractivity contribution in [3.05, 3.63) is 50.6 Å². The minimum Gasteiger partial charge on any atom is -0.360 e. The predicted octanol–water partition coefficient (Wildman–Crippen LogP) is 2.80. The maximum atomic E-state index is 11.0. The number of nitrogens with zero attached hydrogens (tertiary/aromatic N) is 3. The van der Waals surface area contributed by atoms with Crippen LogP contribution in [0.3, 0.4) is 0 Å². The van der Waals surface area contributed by atoms with Crippen molar-refractivity contribution < 1.29 is 4.92 Å². The highest BCUT2D eigenvalue weighted by atomic mass is 79.9. The molecule has 0 aliphatic carbocycles. The van der Waals surface area contributed by atoms with E-state index in [2.05, 4.69) is 36.5 Å². The normalized spacial score (nSPS) is 10.1. The van der Waals surface area contributed by atoms with E-state index in [1.165, 1.54) is 6.20 Å². The summed E-state index contributed by atoms with van der Waals surface area (Å²) in [6.45, 7) is 0.419.